The number of carbonyl (C=O) groups excluding carboxylic acids is 1. The predicted molar refractivity (Wildman–Crippen MR) is 144 cm³/mol. The van der Waals surface area contributed by atoms with E-state index in [2.05, 4.69) is 13.8 Å². The second-order valence-corrected chi connectivity index (χ2v) is 10.3. The highest BCUT2D eigenvalue weighted by Gasteiger charge is 2.14. The van der Waals surface area contributed by atoms with Crippen LogP contribution in [0, 0.1) is 0 Å². The van der Waals surface area contributed by atoms with Crippen LogP contribution in [0.25, 0.3) is 0 Å². The van der Waals surface area contributed by atoms with E-state index in [4.69, 9.17) is 9.84 Å². The zero-order valence-corrected chi connectivity index (χ0v) is 22.9. The number of hydrogen-bond donors (Lipinski definition) is 1. The number of hydrogen-bond acceptors (Lipinski definition) is 3. The van der Waals surface area contributed by atoms with Crippen LogP contribution < -0.4 is 0 Å². The van der Waals surface area contributed by atoms with Crippen LogP contribution in [-0.4, -0.2) is 23.1 Å². The van der Waals surface area contributed by atoms with Crippen molar-refractivity contribution >= 4 is 11.9 Å². The molecule has 0 aliphatic carbocycles. The molecule has 0 spiro atoms. The van der Waals surface area contributed by atoms with E-state index in [0.29, 0.717) is 6.42 Å². The maximum atomic E-state index is 12.4. The van der Waals surface area contributed by atoms with Gasteiger partial charge in [0, 0.05) is 12.8 Å². The molecule has 0 fully saturated rings. The third kappa shape index (κ3) is 25.6. The topological polar surface area (TPSA) is 63.6 Å². The van der Waals surface area contributed by atoms with Crippen LogP contribution in [0.3, 0.4) is 0 Å². The Hall–Kier alpha value is -1.06. The van der Waals surface area contributed by atoms with Gasteiger partial charge in [-0.25, -0.2) is 0 Å². The fourth-order valence-corrected chi connectivity index (χ4v) is 4.59. The second kappa shape index (κ2) is 26.5. The first kappa shape index (κ1) is 32.9. The molecular formula is C30H58O4. The number of aliphatic carboxylic acids is 1. The Morgan fingerprint density at radius 2 is 0.882 bits per heavy atom. The number of carboxylic acids is 1. The van der Waals surface area contributed by atoms with Crippen LogP contribution in [0.5, 0.6) is 0 Å². The lowest BCUT2D eigenvalue weighted by molar-refractivity contribution is -0.150. The molecule has 34 heavy (non-hydrogen) atoms. The van der Waals surface area contributed by atoms with Crippen molar-refractivity contribution in [1.29, 1.82) is 0 Å². The highest BCUT2D eigenvalue weighted by molar-refractivity contribution is 5.69. The van der Waals surface area contributed by atoms with E-state index >= 15 is 0 Å². The number of rotatable bonds is 27. The van der Waals surface area contributed by atoms with Gasteiger partial charge in [-0.2, -0.15) is 0 Å². The number of carbonyl (C=O) groups is 2. The van der Waals surface area contributed by atoms with Gasteiger partial charge in [-0.15, -0.1) is 0 Å². The van der Waals surface area contributed by atoms with Crippen molar-refractivity contribution in [2.24, 2.45) is 0 Å². The summed E-state index contributed by atoms with van der Waals surface area (Å²) < 4.78 is 5.90. The van der Waals surface area contributed by atoms with Crippen LogP contribution in [-0.2, 0) is 14.3 Å². The molecule has 0 heterocycles. The quantitative estimate of drug-likeness (QED) is 0.0934. The van der Waals surface area contributed by atoms with Gasteiger partial charge >= 0.3 is 11.9 Å². The lowest BCUT2D eigenvalue weighted by Crippen LogP contribution is -2.18. The summed E-state index contributed by atoms with van der Waals surface area (Å²) in [6, 6.07) is 0. The van der Waals surface area contributed by atoms with Crippen LogP contribution in [0.1, 0.15) is 174 Å². The summed E-state index contributed by atoms with van der Waals surface area (Å²) in [5, 5.41) is 8.73. The molecule has 0 aliphatic rings. The molecule has 4 nitrogen and oxygen atoms in total. The molecule has 0 radical (unpaired) electrons. The molecule has 0 saturated carbocycles. The standard InChI is InChI=1S/C30H58O4/c1-3-5-7-9-11-12-13-14-19-23-27-30(33)34-28(24-20-16-10-8-6-4-2)25-21-17-15-18-22-26-29(31)32/h28H,3-27H2,1-2H3,(H,31,32). The first-order chi connectivity index (χ1) is 16.6. The van der Waals surface area contributed by atoms with Crippen LogP contribution in [0.2, 0.25) is 0 Å². The van der Waals surface area contributed by atoms with E-state index in [-0.39, 0.29) is 18.5 Å². The van der Waals surface area contributed by atoms with Crippen molar-refractivity contribution in [3.63, 3.8) is 0 Å². The van der Waals surface area contributed by atoms with Gasteiger partial charge in [-0.1, -0.05) is 123 Å². The molecule has 0 saturated heterocycles. The van der Waals surface area contributed by atoms with E-state index < -0.39 is 5.97 Å². The largest absolute Gasteiger partial charge is 0.481 e. The van der Waals surface area contributed by atoms with Gasteiger partial charge in [0.1, 0.15) is 6.10 Å². The van der Waals surface area contributed by atoms with Crippen molar-refractivity contribution in [2.45, 2.75) is 180 Å². The summed E-state index contributed by atoms with van der Waals surface area (Å²) in [4.78, 5) is 23.0. The number of unbranched alkanes of at least 4 members (excludes halogenated alkanes) is 18. The highest BCUT2D eigenvalue weighted by Crippen LogP contribution is 2.18. The molecule has 0 aliphatic heterocycles. The Kier molecular flexibility index (Phi) is 25.7. The maximum Gasteiger partial charge on any atom is 0.306 e. The molecule has 1 N–H and O–H groups in total. The molecule has 202 valence electrons. The van der Waals surface area contributed by atoms with Crippen molar-refractivity contribution in [2.75, 3.05) is 0 Å². The SMILES string of the molecule is CCCCCCCCCCCCC(=O)OC(CCCCCCCC)CCCCCCCC(=O)O. The Morgan fingerprint density at radius 1 is 0.529 bits per heavy atom. The van der Waals surface area contributed by atoms with Gasteiger partial charge < -0.3 is 9.84 Å². The minimum Gasteiger partial charge on any atom is -0.481 e. The van der Waals surface area contributed by atoms with Crippen molar-refractivity contribution in [1.82, 2.24) is 0 Å². The zero-order chi connectivity index (χ0) is 25.1. The summed E-state index contributed by atoms with van der Waals surface area (Å²) in [6.45, 7) is 4.50. The Balaban J connectivity index is 3.98. The summed E-state index contributed by atoms with van der Waals surface area (Å²) >= 11 is 0. The Bertz CT molecular complexity index is 449. The minimum atomic E-state index is -0.701. The van der Waals surface area contributed by atoms with Crippen molar-refractivity contribution in [3.8, 4) is 0 Å². The van der Waals surface area contributed by atoms with Gasteiger partial charge in [0.25, 0.3) is 0 Å². The number of carboxylic acid groups (broad SMARTS) is 1. The van der Waals surface area contributed by atoms with Gasteiger partial charge in [-0.3, -0.25) is 9.59 Å². The first-order valence-corrected chi connectivity index (χ1v) is 15.0. The normalized spacial score (nSPS) is 12.1. The molecule has 0 bridgehead atoms. The molecule has 0 aromatic heterocycles. The summed E-state index contributed by atoms with van der Waals surface area (Å²) in [7, 11) is 0. The maximum absolute atomic E-state index is 12.4. The van der Waals surface area contributed by atoms with Crippen LogP contribution in [0.15, 0.2) is 0 Å². The summed E-state index contributed by atoms with van der Waals surface area (Å²) in [6.07, 6.45) is 28.2. The fourth-order valence-electron chi connectivity index (χ4n) is 4.59. The molecule has 1 unspecified atom stereocenters. The monoisotopic (exact) mass is 482 g/mol. The van der Waals surface area contributed by atoms with Crippen molar-refractivity contribution < 1.29 is 19.4 Å². The highest BCUT2D eigenvalue weighted by atomic mass is 16.5. The smallest absolute Gasteiger partial charge is 0.306 e. The molecule has 0 aromatic carbocycles. The molecular weight excluding hydrogens is 424 g/mol. The van der Waals surface area contributed by atoms with E-state index in [1.54, 1.807) is 0 Å². The lowest BCUT2D eigenvalue weighted by atomic mass is 10.0. The minimum absolute atomic E-state index is 0.00277. The average molecular weight is 483 g/mol. The molecule has 4 heteroatoms. The Labute approximate surface area is 212 Å². The molecule has 0 rings (SSSR count). The lowest BCUT2D eigenvalue weighted by Gasteiger charge is -2.18. The molecule has 0 amide bonds. The van der Waals surface area contributed by atoms with Crippen molar-refractivity contribution in [3.05, 3.63) is 0 Å². The van der Waals surface area contributed by atoms with Gasteiger partial charge in [0.05, 0.1) is 0 Å². The molecule has 0 aromatic rings. The summed E-state index contributed by atoms with van der Waals surface area (Å²) in [5.41, 5.74) is 0. The number of esters is 1. The van der Waals surface area contributed by atoms with E-state index in [1.165, 1.54) is 83.5 Å². The number of ether oxygens (including phenoxy) is 1. The fraction of sp³-hybridized carbons (Fsp3) is 0.933. The van der Waals surface area contributed by atoms with E-state index in [9.17, 15) is 9.59 Å². The third-order valence-corrected chi connectivity index (χ3v) is 6.83. The van der Waals surface area contributed by atoms with E-state index in [1.807, 2.05) is 0 Å². The zero-order valence-electron chi connectivity index (χ0n) is 22.9. The van der Waals surface area contributed by atoms with Crippen LogP contribution >= 0.6 is 0 Å². The first-order valence-electron chi connectivity index (χ1n) is 15.0. The Morgan fingerprint density at radius 3 is 1.29 bits per heavy atom. The summed E-state index contributed by atoms with van der Waals surface area (Å²) in [5.74, 6) is -0.703. The van der Waals surface area contributed by atoms with Crippen LogP contribution in [0.4, 0.5) is 0 Å². The van der Waals surface area contributed by atoms with E-state index in [0.717, 1.165) is 64.2 Å². The van der Waals surface area contributed by atoms with Gasteiger partial charge in [0.2, 0.25) is 0 Å². The third-order valence-electron chi connectivity index (χ3n) is 6.83. The average Bonchev–Trinajstić information content (AvgIpc) is 2.81. The van der Waals surface area contributed by atoms with Gasteiger partial charge in [0.15, 0.2) is 0 Å². The predicted octanol–water partition coefficient (Wildman–Crippen LogP) is 9.78. The van der Waals surface area contributed by atoms with Gasteiger partial charge in [-0.05, 0) is 38.5 Å². The second-order valence-electron chi connectivity index (χ2n) is 10.3. The molecule has 1 atom stereocenters.